The number of urea groups is 1. The van der Waals surface area contributed by atoms with Crippen LogP contribution in [0.15, 0.2) is 0 Å². The summed E-state index contributed by atoms with van der Waals surface area (Å²) in [6, 6.07) is 1.08. The zero-order valence-electron chi connectivity index (χ0n) is 8.99. The van der Waals surface area contributed by atoms with Gasteiger partial charge in [-0.05, 0) is 26.3 Å². The molecule has 2 fully saturated rings. The number of carbonyl (C=O) groups is 1. The Bertz CT molecular complexity index is 225. The zero-order valence-corrected chi connectivity index (χ0v) is 8.99. The van der Waals surface area contributed by atoms with Crippen molar-refractivity contribution in [2.24, 2.45) is 0 Å². The van der Waals surface area contributed by atoms with Gasteiger partial charge in [-0.3, -0.25) is 0 Å². The van der Waals surface area contributed by atoms with Gasteiger partial charge >= 0.3 is 6.03 Å². The van der Waals surface area contributed by atoms with E-state index in [-0.39, 0.29) is 6.03 Å². The number of nitrogens with zero attached hydrogens (tertiary/aromatic N) is 2. The number of hydrogen-bond acceptors (Lipinski definition) is 2. The maximum Gasteiger partial charge on any atom is 0.320 e. The summed E-state index contributed by atoms with van der Waals surface area (Å²) in [5.74, 6) is 0. The van der Waals surface area contributed by atoms with Gasteiger partial charge in [0, 0.05) is 32.2 Å². The quantitative estimate of drug-likeness (QED) is 0.699. The lowest BCUT2D eigenvalue weighted by atomic mass is 10.2. The van der Waals surface area contributed by atoms with Gasteiger partial charge in [0.2, 0.25) is 0 Å². The minimum atomic E-state index is 0.186. The highest BCUT2D eigenvalue weighted by atomic mass is 16.2. The molecule has 0 aromatic rings. The Morgan fingerprint density at radius 3 is 2.86 bits per heavy atom. The van der Waals surface area contributed by atoms with E-state index in [9.17, 15) is 4.79 Å². The summed E-state index contributed by atoms with van der Waals surface area (Å²) in [5, 5.41) is 3.42. The standard InChI is InChI=1S/C10H19N3O/c1-8-6-13(10(14)12(8)2)7-9-4-3-5-11-9/h8-9,11H,3-7H2,1-2H3. The van der Waals surface area contributed by atoms with Crippen LogP contribution in [0, 0.1) is 0 Å². The van der Waals surface area contributed by atoms with Gasteiger partial charge in [-0.25, -0.2) is 4.79 Å². The van der Waals surface area contributed by atoms with Crippen molar-refractivity contribution < 1.29 is 4.79 Å². The topological polar surface area (TPSA) is 35.6 Å². The Kier molecular flexibility index (Phi) is 2.63. The molecular formula is C10H19N3O. The number of nitrogens with one attached hydrogen (secondary N) is 1. The molecule has 0 radical (unpaired) electrons. The van der Waals surface area contributed by atoms with E-state index in [1.165, 1.54) is 12.8 Å². The summed E-state index contributed by atoms with van der Waals surface area (Å²) >= 11 is 0. The van der Waals surface area contributed by atoms with Crippen LogP contribution in [0.1, 0.15) is 19.8 Å². The lowest BCUT2D eigenvalue weighted by Crippen LogP contribution is -2.39. The van der Waals surface area contributed by atoms with E-state index >= 15 is 0 Å². The van der Waals surface area contributed by atoms with Crippen LogP contribution in [-0.4, -0.2) is 54.6 Å². The van der Waals surface area contributed by atoms with Crippen LogP contribution in [0.2, 0.25) is 0 Å². The molecular weight excluding hydrogens is 178 g/mol. The second-order valence-corrected chi connectivity index (χ2v) is 4.44. The Morgan fingerprint density at radius 1 is 1.57 bits per heavy atom. The highest BCUT2D eigenvalue weighted by Crippen LogP contribution is 2.15. The van der Waals surface area contributed by atoms with Gasteiger partial charge < -0.3 is 15.1 Å². The Balaban J connectivity index is 1.89. The van der Waals surface area contributed by atoms with E-state index in [0.717, 1.165) is 19.6 Å². The third-order valence-corrected chi connectivity index (χ3v) is 3.32. The zero-order chi connectivity index (χ0) is 10.1. The second-order valence-electron chi connectivity index (χ2n) is 4.44. The monoisotopic (exact) mass is 197 g/mol. The maximum atomic E-state index is 11.7. The van der Waals surface area contributed by atoms with Crippen molar-refractivity contribution in [1.29, 1.82) is 0 Å². The van der Waals surface area contributed by atoms with Crippen molar-refractivity contribution in [3.63, 3.8) is 0 Å². The van der Waals surface area contributed by atoms with E-state index < -0.39 is 0 Å². The predicted molar refractivity (Wildman–Crippen MR) is 55.2 cm³/mol. The minimum absolute atomic E-state index is 0.186. The number of hydrogen-bond donors (Lipinski definition) is 1. The average Bonchev–Trinajstić information content (AvgIpc) is 2.73. The van der Waals surface area contributed by atoms with Crippen molar-refractivity contribution in [3.8, 4) is 0 Å². The first-order chi connectivity index (χ1) is 6.68. The summed E-state index contributed by atoms with van der Waals surface area (Å²) in [4.78, 5) is 15.5. The van der Waals surface area contributed by atoms with Crippen molar-refractivity contribution in [3.05, 3.63) is 0 Å². The first-order valence-electron chi connectivity index (χ1n) is 5.43. The molecule has 0 aromatic carbocycles. The molecule has 2 aliphatic rings. The fourth-order valence-corrected chi connectivity index (χ4v) is 2.26. The van der Waals surface area contributed by atoms with Gasteiger partial charge in [-0.15, -0.1) is 0 Å². The van der Waals surface area contributed by atoms with Crippen molar-refractivity contribution in [2.75, 3.05) is 26.7 Å². The fourth-order valence-electron chi connectivity index (χ4n) is 2.26. The SMILES string of the molecule is CC1CN(CC2CCCN2)C(=O)N1C. The third kappa shape index (κ3) is 1.71. The number of likely N-dealkylation sites (N-methyl/N-ethyl adjacent to an activating group) is 1. The molecule has 0 aromatic heterocycles. The number of amides is 2. The lowest BCUT2D eigenvalue weighted by molar-refractivity contribution is 0.193. The highest BCUT2D eigenvalue weighted by molar-refractivity contribution is 5.76. The van der Waals surface area contributed by atoms with Crippen LogP contribution in [0.25, 0.3) is 0 Å². The van der Waals surface area contributed by atoms with Crippen LogP contribution in [0.4, 0.5) is 4.79 Å². The van der Waals surface area contributed by atoms with Crippen LogP contribution in [-0.2, 0) is 0 Å². The Labute approximate surface area is 85.2 Å². The van der Waals surface area contributed by atoms with Crippen LogP contribution in [0.5, 0.6) is 0 Å². The van der Waals surface area contributed by atoms with E-state index in [0.29, 0.717) is 12.1 Å². The smallest absolute Gasteiger partial charge is 0.320 e. The third-order valence-electron chi connectivity index (χ3n) is 3.32. The molecule has 0 spiro atoms. The summed E-state index contributed by atoms with van der Waals surface area (Å²) in [5.41, 5.74) is 0. The molecule has 2 heterocycles. The van der Waals surface area contributed by atoms with Gasteiger partial charge in [0.05, 0.1) is 0 Å². The second kappa shape index (κ2) is 3.77. The van der Waals surface area contributed by atoms with Crippen molar-refractivity contribution in [1.82, 2.24) is 15.1 Å². The first kappa shape index (κ1) is 9.77. The van der Waals surface area contributed by atoms with Crippen molar-refractivity contribution >= 4 is 6.03 Å². The van der Waals surface area contributed by atoms with Gasteiger partial charge in [-0.1, -0.05) is 0 Å². The molecule has 0 saturated carbocycles. The molecule has 4 nitrogen and oxygen atoms in total. The molecule has 1 N–H and O–H groups in total. The maximum absolute atomic E-state index is 11.7. The molecule has 2 rings (SSSR count). The normalized spacial score (nSPS) is 33.1. The van der Waals surface area contributed by atoms with E-state index in [4.69, 9.17) is 0 Å². The summed E-state index contributed by atoms with van der Waals surface area (Å²) in [6.07, 6.45) is 2.46. The molecule has 2 saturated heterocycles. The van der Waals surface area contributed by atoms with Crippen LogP contribution in [0.3, 0.4) is 0 Å². The van der Waals surface area contributed by atoms with Crippen LogP contribution >= 0.6 is 0 Å². The van der Waals surface area contributed by atoms with Gasteiger partial charge in [0.15, 0.2) is 0 Å². The average molecular weight is 197 g/mol. The predicted octanol–water partition coefficient (Wildman–Crippen LogP) is 0.494. The Morgan fingerprint density at radius 2 is 2.36 bits per heavy atom. The molecule has 80 valence electrons. The van der Waals surface area contributed by atoms with E-state index in [2.05, 4.69) is 12.2 Å². The molecule has 0 aliphatic carbocycles. The summed E-state index contributed by atoms with van der Waals surface area (Å²) in [7, 11) is 1.88. The fraction of sp³-hybridized carbons (Fsp3) is 0.900. The molecule has 2 amide bonds. The summed E-state index contributed by atoms with van der Waals surface area (Å²) in [6.45, 7) is 4.97. The van der Waals surface area contributed by atoms with Crippen LogP contribution < -0.4 is 5.32 Å². The molecule has 4 heteroatoms. The van der Waals surface area contributed by atoms with E-state index in [1.807, 2.05) is 16.8 Å². The molecule has 2 atom stereocenters. The summed E-state index contributed by atoms with van der Waals surface area (Å²) < 4.78 is 0. The minimum Gasteiger partial charge on any atom is -0.323 e. The lowest BCUT2D eigenvalue weighted by Gasteiger charge is -2.20. The van der Waals surface area contributed by atoms with Gasteiger partial charge in [0.25, 0.3) is 0 Å². The van der Waals surface area contributed by atoms with Gasteiger partial charge in [-0.2, -0.15) is 0 Å². The van der Waals surface area contributed by atoms with Crippen molar-refractivity contribution in [2.45, 2.75) is 31.8 Å². The Hall–Kier alpha value is -0.770. The molecule has 2 unspecified atom stereocenters. The largest absolute Gasteiger partial charge is 0.323 e. The molecule has 0 bridgehead atoms. The first-order valence-corrected chi connectivity index (χ1v) is 5.43. The number of rotatable bonds is 2. The van der Waals surface area contributed by atoms with Gasteiger partial charge in [0.1, 0.15) is 0 Å². The number of carbonyl (C=O) groups excluding carboxylic acids is 1. The highest BCUT2D eigenvalue weighted by Gasteiger charge is 2.33. The molecule has 14 heavy (non-hydrogen) atoms. The van der Waals surface area contributed by atoms with E-state index in [1.54, 1.807) is 0 Å². The molecule has 2 aliphatic heterocycles.